The lowest BCUT2D eigenvalue weighted by Crippen LogP contribution is -2.44. The molecule has 1 aliphatic rings. The number of carbonyl (C=O) groups is 2. The van der Waals surface area contributed by atoms with Crippen LogP contribution in [0.25, 0.3) is 0 Å². The molecule has 1 saturated heterocycles. The van der Waals surface area contributed by atoms with E-state index < -0.39 is 17.9 Å². The van der Waals surface area contributed by atoms with Crippen LogP contribution in [0.1, 0.15) is 20.1 Å². The molecule has 5 nitrogen and oxygen atoms in total. The topological polar surface area (TPSA) is 66.8 Å². The van der Waals surface area contributed by atoms with Crippen LogP contribution < -0.4 is 0 Å². The van der Waals surface area contributed by atoms with Crippen LogP contribution in [0.4, 0.5) is 0 Å². The average Bonchev–Trinajstić information content (AvgIpc) is 2.93. The Morgan fingerprint density at radius 2 is 2.11 bits per heavy atom. The van der Waals surface area contributed by atoms with Crippen molar-refractivity contribution < 1.29 is 19.4 Å². The van der Waals surface area contributed by atoms with E-state index in [1.165, 1.54) is 4.90 Å². The third kappa shape index (κ3) is 2.64. The number of amides is 1. The van der Waals surface area contributed by atoms with Crippen LogP contribution in [0.2, 0.25) is 0 Å². The second kappa shape index (κ2) is 5.30. The molecule has 19 heavy (non-hydrogen) atoms. The smallest absolute Gasteiger partial charge is 0.311 e. The van der Waals surface area contributed by atoms with Gasteiger partial charge < -0.3 is 14.7 Å². The summed E-state index contributed by atoms with van der Waals surface area (Å²) >= 11 is 1.57. The monoisotopic (exact) mass is 283 g/mol. The van der Waals surface area contributed by atoms with Gasteiger partial charge in [0.05, 0.1) is 24.8 Å². The lowest BCUT2D eigenvalue weighted by Gasteiger charge is -2.26. The van der Waals surface area contributed by atoms with Gasteiger partial charge in [0.25, 0.3) is 5.91 Å². The van der Waals surface area contributed by atoms with Gasteiger partial charge in [-0.2, -0.15) is 0 Å². The zero-order valence-electron chi connectivity index (χ0n) is 11.2. The van der Waals surface area contributed by atoms with Crippen molar-refractivity contribution in [1.82, 2.24) is 4.90 Å². The van der Waals surface area contributed by atoms with Crippen molar-refractivity contribution in [2.45, 2.75) is 19.9 Å². The summed E-state index contributed by atoms with van der Waals surface area (Å²) in [4.78, 5) is 27.1. The highest BCUT2D eigenvalue weighted by Crippen LogP contribution is 2.25. The van der Waals surface area contributed by atoms with Crippen LogP contribution in [0.3, 0.4) is 0 Å². The number of rotatable bonds is 3. The quantitative estimate of drug-likeness (QED) is 0.913. The number of carboxylic acid groups (broad SMARTS) is 1. The second-order valence-electron chi connectivity index (χ2n) is 4.79. The molecule has 1 aromatic rings. The van der Waals surface area contributed by atoms with E-state index in [-0.39, 0.29) is 19.1 Å². The van der Waals surface area contributed by atoms with E-state index in [1.54, 1.807) is 18.4 Å². The highest BCUT2D eigenvalue weighted by atomic mass is 32.1. The minimum Gasteiger partial charge on any atom is -0.481 e. The molecule has 1 amide bonds. The van der Waals surface area contributed by atoms with Crippen LogP contribution in [0.15, 0.2) is 6.07 Å². The number of thiophene rings is 1. The maximum atomic E-state index is 12.4. The highest BCUT2D eigenvalue weighted by Gasteiger charge is 2.39. The van der Waals surface area contributed by atoms with Crippen LogP contribution >= 0.6 is 11.3 Å². The van der Waals surface area contributed by atoms with E-state index in [2.05, 4.69) is 0 Å². The zero-order chi connectivity index (χ0) is 14.2. The van der Waals surface area contributed by atoms with Crippen molar-refractivity contribution in [1.29, 1.82) is 0 Å². The predicted octanol–water partition coefficient (Wildman–Crippen LogP) is 1.54. The maximum Gasteiger partial charge on any atom is 0.311 e. The predicted molar refractivity (Wildman–Crippen MR) is 71.6 cm³/mol. The summed E-state index contributed by atoms with van der Waals surface area (Å²) in [6, 6.07) is 1.45. The van der Waals surface area contributed by atoms with E-state index in [0.29, 0.717) is 5.56 Å². The molecule has 0 radical (unpaired) electrons. The Kier molecular flexibility index (Phi) is 3.91. The maximum absolute atomic E-state index is 12.4. The fraction of sp³-hybridized carbons (Fsp3) is 0.538. The Bertz CT molecular complexity index is 511. The van der Waals surface area contributed by atoms with Gasteiger partial charge in [0.1, 0.15) is 5.92 Å². The molecule has 0 aromatic carbocycles. The molecule has 2 unspecified atom stereocenters. The molecular weight excluding hydrogens is 266 g/mol. The van der Waals surface area contributed by atoms with Gasteiger partial charge in [-0.15, -0.1) is 11.3 Å². The van der Waals surface area contributed by atoms with Gasteiger partial charge in [0, 0.05) is 16.8 Å². The standard InChI is InChI=1S/C13H17NO4S/c1-7-4-9(8(2)19-7)12(15)14(3)11-6-18-5-10(11)13(16)17/h4,10-11H,5-6H2,1-3H3,(H,16,17). The third-order valence-corrected chi connectivity index (χ3v) is 4.42. The second-order valence-corrected chi connectivity index (χ2v) is 6.25. The van der Waals surface area contributed by atoms with Gasteiger partial charge in [-0.3, -0.25) is 9.59 Å². The molecule has 0 aliphatic carbocycles. The van der Waals surface area contributed by atoms with Crippen molar-refractivity contribution in [2.24, 2.45) is 5.92 Å². The highest BCUT2D eigenvalue weighted by molar-refractivity contribution is 7.12. The van der Waals surface area contributed by atoms with Crippen molar-refractivity contribution in [3.63, 3.8) is 0 Å². The fourth-order valence-corrected chi connectivity index (χ4v) is 3.26. The molecule has 104 valence electrons. The normalized spacial score (nSPS) is 22.5. The summed E-state index contributed by atoms with van der Waals surface area (Å²) in [5.41, 5.74) is 0.654. The van der Waals surface area contributed by atoms with E-state index in [1.807, 2.05) is 19.9 Å². The first-order valence-electron chi connectivity index (χ1n) is 6.06. The summed E-state index contributed by atoms with van der Waals surface area (Å²) < 4.78 is 5.20. The third-order valence-electron chi connectivity index (χ3n) is 3.46. The first-order valence-corrected chi connectivity index (χ1v) is 6.88. The molecule has 2 heterocycles. The number of hydrogen-bond acceptors (Lipinski definition) is 4. The number of ether oxygens (including phenoxy) is 1. The minimum absolute atomic E-state index is 0.136. The molecule has 0 saturated carbocycles. The van der Waals surface area contributed by atoms with Gasteiger partial charge in [0.2, 0.25) is 0 Å². The van der Waals surface area contributed by atoms with Crippen LogP contribution in [0, 0.1) is 19.8 Å². The Balaban J connectivity index is 2.19. The first kappa shape index (κ1) is 14.0. The van der Waals surface area contributed by atoms with Crippen molar-refractivity contribution >= 4 is 23.2 Å². The Morgan fingerprint density at radius 3 is 2.63 bits per heavy atom. The summed E-state index contributed by atoms with van der Waals surface area (Å²) in [5, 5.41) is 9.13. The molecule has 2 rings (SSSR count). The lowest BCUT2D eigenvalue weighted by atomic mass is 10.0. The molecule has 1 N–H and O–H groups in total. The molecule has 0 spiro atoms. The Labute approximate surface area is 115 Å². The SMILES string of the molecule is Cc1cc(C(=O)N(C)C2COCC2C(=O)O)c(C)s1. The van der Waals surface area contributed by atoms with E-state index in [4.69, 9.17) is 9.84 Å². The summed E-state index contributed by atoms with van der Waals surface area (Å²) in [6.45, 7) is 4.30. The zero-order valence-corrected chi connectivity index (χ0v) is 12.0. The van der Waals surface area contributed by atoms with Crippen LogP contribution in [-0.4, -0.2) is 48.2 Å². The van der Waals surface area contributed by atoms with Gasteiger partial charge in [-0.25, -0.2) is 0 Å². The largest absolute Gasteiger partial charge is 0.481 e. The Morgan fingerprint density at radius 1 is 1.42 bits per heavy atom. The van der Waals surface area contributed by atoms with Crippen LogP contribution in [0.5, 0.6) is 0 Å². The van der Waals surface area contributed by atoms with Gasteiger partial charge >= 0.3 is 5.97 Å². The molecule has 2 atom stereocenters. The van der Waals surface area contributed by atoms with Crippen molar-refractivity contribution in [3.05, 3.63) is 21.4 Å². The van der Waals surface area contributed by atoms with Gasteiger partial charge in [-0.1, -0.05) is 0 Å². The summed E-state index contributed by atoms with van der Waals surface area (Å²) in [5.74, 6) is -1.70. The van der Waals surface area contributed by atoms with E-state index in [0.717, 1.165) is 9.75 Å². The minimum atomic E-state index is -0.916. The average molecular weight is 283 g/mol. The number of aryl methyl sites for hydroxylation is 2. The number of likely N-dealkylation sites (N-methyl/N-ethyl adjacent to an activating group) is 1. The summed E-state index contributed by atoms with van der Waals surface area (Å²) in [7, 11) is 1.64. The summed E-state index contributed by atoms with van der Waals surface area (Å²) in [6.07, 6.45) is 0. The van der Waals surface area contributed by atoms with Crippen molar-refractivity contribution in [3.8, 4) is 0 Å². The molecule has 6 heteroatoms. The molecule has 1 aromatic heterocycles. The van der Waals surface area contributed by atoms with E-state index >= 15 is 0 Å². The van der Waals surface area contributed by atoms with E-state index in [9.17, 15) is 9.59 Å². The number of carbonyl (C=O) groups excluding carboxylic acids is 1. The number of carboxylic acids is 1. The van der Waals surface area contributed by atoms with Crippen LogP contribution in [-0.2, 0) is 9.53 Å². The molecule has 1 aliphatic heterocycles. The van der Waals surface area contributed by atoms with Gasteiger partial charge in [-0.05, 0) is 19.9 Å². The number of hydrogen-bond donors (Lipinski definition) is 1. The molecule has 1 fully saturated rings. The number of aliphatic carboxylic acids is 1. The lowest BCUT2D eigenvalue weighted by molar-refractivity contribution is -0.142. The number of nitrogens with zero attached hydrogens (tertiary/aromatic N) is 1. The molecule has 0 bridgehead atoms. The molecular formula is C13H17NO4S. The first-order chi connectivity index (χ1) is 8.91. The van der Waals surface area contributed by atoms with Crippen molar-refractivity contribution in [2.75, 3.05) is 20.3 Å². The fourth-order valence-electron chi connectivity index (χ4n) is 2.34. The Hall–Kier alpha value is -1.40. The van der Waals surface area contributed by atoms with Gasteiger partial charge in [0.15, 0.2) is 0 Å².